The number of likely N-dealkylation sites (N-methyl/N-ethyl adjacent to an activating group) is 1. The van der Waals surface area contributed by atoms with E-state index in [4.69, 9.17) is 9.47 Å². The summed E-state index contributed by atoms with van der Waals surface area (Å²) >= 11 is 0. The van der Waals surface area contributed by atoms with Gasteiger partial charge in [-0.15, -0.1) is 0 Å². The number of benzene rings is 3. The van der Waals surface area contributed by atoms with Crippen molar-refractivity contribution in [3.8, 4) is 11.5 Å². The average Bonchev–Trinajstić information content (AvgIpc) is 2.89. The Hall–Kier alpha value is -3.80. The Morgan fingerprint density at radius 1 is 0.886 bits per heavy atom. The molecule has 2 amide bonds. The summed E-state index contributed by atoms with van der Waals surface area (Å²) in [6, 6.07) is 24.2. The molecule has 0 aromatic heterocycles. The fraction of sp³-hybridized carbons (Fsp3) is 0.310. The van der Waals surface area contributed by atoms with Crippen LogP contribution in [0.5, 0.6) is 11.5 Å². The highest BCUT2D eigenvalue weighted by Crippen LogP contribution is 2.21. The summed E-state index contributed by atoms with van der Waals surface area (Å²) < 4.78 is 11.2. The third kappa shape index (κ3) is 7.34. The van der Waals surface area contributed by atoms with E-state index in [1.165, 1.54) is 5.56 Å². The lowest BCUT2D eigenvalue weighted by molar-refractivity contribution is -0.142. The van der Waals surface area contributed by atoms with Gasteiger partial charge in [0.2, 0.25) is 5.91 Å². The van der Waals surface area contributed by atoms with Crippen LogP contribution in [0.25, 0.3) is 0 Å². The molecule has 0 aliphatic rings. The minimum atomic E-state index is -0.701. The summed E-state index contributed by atoms with van der Waals surface area (Å²) in [7, 11) is 3.18. The minimum Gasteiger partial charge on any atom is -0.497 e. The Bertz CT molecular complexity index is 1100. The first-order chi connectivity index (χ1) is 16.9. The summed E-state index contributed by atoms with van der Waals surface area (Å²) in [5.74, 6) is 1.21. The predicted molar refractivity (Wildman–Crippen MR) is 138 cm³/mol. The first kappa shape index (κ1) is 25.8. The van der Waals surface area contributed by atoms with Crippen LogP contribution < -0.4 is 14.8 Å². The zero-order chi connectivity index (χ0) is 25.2. The summed E-state index contributed by atoms with van der Waals surface area (Å²) in [5, 5.41) is 2.72. The second-order valence-electron chi connectivity index (χ2n) is 8.71. The summed E-state index contributed by atoms with van der Waals surface area (Å²) in [6.07, 6.45) is 0.388. The zero-order valence-electron chi connectivity index (χ0n) is 20.9. The van der Waals surface area contributed by atoms with E-state index in [1.807, 2.05) is 78.9 Å². The number of nitrogens with zero attached hydrogens (tertiary/aromatic N) is 1. The number of hydrogen-bond donors (Lipinski definition) is 1. The highest BCUT2D eigenvalue weighted by atomic mass is 16.5. The van der Waals surface area contributed by atoms with Gasteiger partial charge in [0.05, 0.1) is 7.11 Å². The van der Waals surface area contributed by atoms with Crippen LogP contribution in [0.2, 0.25) is 0 Å². The Morgan fingerprint density at radius 3 is 2.20 bits per heavy atom. The predicted octanol–water partition coefficient (Wildman–Crippen LogP) is 4.58. The number of amides is 2. The van der Waals surface area contributed by atoms with Crippen molar-refractivity contribution in [2.45, 2.75) is 38.8 Å². The maximum atomic E-state index is 13.5. The van der Waals surface area contributed by atoms with Gasteiger partial charge in [-0.05, 0) is 46.9 Å². The van der Waals surface area contributed by atoms with Gasteiger partial charge in [0.15, 0.2) is 6.61 Å². The Morgan fingerprint density at radius 2 is 1.57 bits per heavy atom. The van der Waals surface area contributed by atoms with E-state index in [2.05, 4.69) is 19.2 Å². The number of hydrogen-bond acceptors (Lipinski definition) is 4. The second-order valence-corrected chi connectivity index (χ2v) is 8.71. The molecule has 1 unspecified atom stereocenters. The maximum Gasteiger partial charge on any atom is 0.261 e. The van der Waals surface area contributed by atoms with E-state index in [0.717, 1.165) is 11.1 Å². The third-order valence-electron chi connectivity index (χ3n) is 5.91. The van der Waals surface area contributed by atoms with Gasteiger partial charge in [0, 0.05) is 20.0 Å². The molecule has 0 aliphatic carbocycles. The molecule has 0 saturated carbocycles. The SMILES string of the molecule is CNC(=O)C(Cc1ccccc1)N(Cc1cccc(OC)c1)C(=O)COc1ccc(C(C)C)cc1. The van der Waals surface area contributed by atoms with Crippen LogP contribution >= 0.6 is 0 Å². The van der Waals surface area contributed by atoms with Gasteiger partial charge in [-0.3, -0.25) is 9.59 Å². The highest BCUT2D eigenvalue weighted by Gasteiger charge is 2.30. The fourth-order valence-electron chi connectivity index (χ4n) is 3.87. The molecule has 35 heavy (non-hydrogen) atoms. The molecule has 0 spiro atoms. The van der Waals surface area contributed by atoms with Crippen LogP contribution in [-0.2, 0) is 22.6 Å². The van der Waals surface area contributed by atoms with E-state index >= 15 is 0 Å². The normalized spacial score (nSPS) is 11.6. The van der Waals surface area contributed by atoms with Crippen molar-refractivity contribution in [1.82, 2.24) is 10.2 Å². The van der Waals surface area contributed by atoms with Gasteiger partial charge in [0.25, 0.3) is 5.91 Å². The van der Waals surface area contributed by atoms with E-state index < -0.39 is 6.04 Å². The molecule has 0 aliphatic heterocycles. The first-order valence-corrected chi connectivity index (χ1v) is 11.8. The van der Waals surface area contributed by atoms with E-state index in [0.29, 0.717) is 23.8 Å². The number of rotatable bonds is 11. The Kier molecular flexibility index (Phi) is 9.30. The van der Waals surface area contributed by atoms with Crippen molar-refractivity contribution >= 4 is 11.8 Å². The second kappa shape index (κ2) is 12.6. The van der Waals surface area contributed by atoms with Gasteiger partial charge >= 0.3 is 0 Å². The molecule has 6 nitrogen and oxygen atoms in total. The van der Waals surface area contributed by atoms with Gasteiger partial charge in [0.1, 0.15) is 17.5 Å². The van der Waals surface area contributed by atoms with Crippen molar-refractivity contribution in [2.75, 3.05) is 20.8 Å². The number of carbonyl (C=O) groups excluding carboxylic acids is 2. The molecule has 3 aromatic carbocycles. The Balaban J connectivity index is 1.85. The Labute approximate surface area is 207 Å². The smallest absolute Gasteiger partial charge is 0.261 e. The van der Waals surface area contributed by atoms with E-state index in [9.17, 15) is 9.59 Å². The van der Waals surface area contributed by atoms with Gasteiger partial charge in [-0.1, -0.05) is 68.4 Å². The molecule has 0 fully saturated rings. The lowest BCUT2D eigenvalue weighted by Crippen LogP contribution is -2.51. The zero-order valence-corrected chi connectivity index (χ0v) is 20.9. The van der Waals surface area contributed by atoms with Crippen molar-refractivity contribution in [3.63, 3.8) is 0 Å². The lowest BCUT2D eigenvalue weighted by Gasteiger charge is -2.31. The summed E-state index contributed by atoms with van der Waals surface area (Å²) in [5.41, 5.74) is 3.03. The molecule has 0 radical (unpaired) electrons. The number of nitrogens with one attached hydrogen (secondary N) is 1. The molecule has 0 bridgehead atoms. The summed E-state index contributed by atoms with van der Waals surface area (Å²) in [6.45, 7) is 4.33. The first-order valence-electron chi connectivity index (χ1n) is 11.8. The van der Waals surface area contributed by atoms with Crippen molar-refractivity contribution in [2.24, 2.45) is 0 Å². The topological polar surface area (TPSA) is 67.9 Å². The lowest BCUT2D eigenvalue weighted by atomic mass is 10.0. The molecule has 184 valence electrons. The monoisotopic (exact) mass is 474 g/mol. The van der Waals surface area contributed by atoms with Crippen LogP contribution in [0.3, 0.4) is 0 Å². The minimum absolute atomic E-state index is 0.173. The van der Waals surface area contributed by atoms with Crippen LogP contribution in [0.1, 0.15) is 36.5 Å². The van der Waals surface area contributed by atoms with Crippen molar-refractivity contribution in [3.05, 3.63) is 95.6 Å². The number of carbonyl (C=O) groups is 2. The fourth-order valence-corrected chi connectivity index (χ4v) is 3.87. The van der Waals surface area contributed by atoms with Gasteiger partial charge in [-0.25, -0.2) is 0 Å². The molecule has 1 atom stereocenters. The molecule has 3 aromatic rings. The van der Waals surface area contributed by atoms with E-state index in [1.54, 1.807) is 19.1 Å². The van der Waals surface area contributed by atoms with Crippen LogP contribution in [0, 0.1) is 0 Å². The molecule has 6 heteroatoms. The van der Waals surface area contributed by atoms with Crippen molar-refractivity contribution < 1.29 is 19.1 Å². The van der Waals surface area contributed by atoms with Crippen molar-refractivity contribution in [1.29, 1.82) is 0 Å². The van der Waals surface area contributed by atoms with Crippen LogP contribution in [-0.4, -0.2) is 43.5 Å². The summed E-state index contributed by atoms with van der Waals surface area (Å²) in [4.78, 5) is 28.1. The van der Waals surface area contributed by atoms with Gasteiger partial charge < -0.3 is 19.7 Å². The number of methoxy groups -OCH3 is 1. The van der Waals surface area contributed by atoms with Crippen LogP contribution in [0.4, 0.5) is 0 Å². The molecule has 3 rings (SSSR count). The highest BCUT2D eigenvalue weighted by molar-refractivity contribution is 5.88. The molecular weight excluding hydrogens is 440 g/mol. The molecule has 0 saturated heterocycles. The third-order valence-corrected chi connectivity index (χ3v) is 5.91. The van der Waals surface area contributed by atoms with Crippen LogP contribution in [0.15, 0.2) is 78.9 Å². The molecule has 0 heterocycles. The molecular formula is C29H34N2O4. The molecule has 1 N–H and O–H groups in total. The maximum absolute atomic E-state index is 13.5. The average molecular weight is 475 g/mol. The quantitative estimate of drug-likeness (QED) is 0.442. The largest absolute Gasteiger partial charge is 0.497 e. The van der Waals surface area contributed by atoms with E-state index in [-0.39, 0.29) is 25.0 Å². The van der Waals surface area contributed by atoms with Gasteiger partial charge in [-0.2, -0.15) is 0 Å². The standard InChI is InChI=1S/C29H34N2O4/c1-21(2)24-13-15-25(16-14-24)35-20-28(32)31(19-23-11-8-12-26(17-23)34-4)27(29(33)30-3)18-22-9-6-5-7-10-22/h5-17,21,27H,18-20H2,1-4H3,(H,30,33). The number of ether oxygens (including phenoxy) is 2.